The van der Waals surface area contributed by atoms with E-state index in [-0.39, 0.29) is 5.91 Å². The van der Waals surface area contributed by atoms with Crippen LogP contribution in [0.4, 0.5) is 0 Å². The van der Waals surface area contributed by atoms with E-state index in [1.54, 1.807) is 0 Å². The molecular weight excluding hydrogens is 258 g/mol. The molecule has 1 aliphatic heterocycles. The molecule has 0 aromatic rings. The van der Waals surface area contributed by atoms with Crippen molar-refractivity contribution < 1.29 is 9.90 Å². The van der Waals surface area contributed by atoms with Gasteiger partial charge in [0.05, 0.1) is 4.48 Å². The normalized spacial score (nSPS) is 25.3. The zero-order valence-corrected chi connectivity index (χ0v) is 10.6. The Labute approximate surface area is 99.1 Å². The Morgan fingerprint density at radius 3 is 2.60 bits per heavy atom. The fourth-order valence-corrected chi connectivity index (χ4v) is 2.21. The first-order valence-corrected chi connectivity index (χ1v) is 6.30. The zero-order chi connectivity index (χ0) is 11.3. The molecule has 1 atom stereocenters. The predicted octanol–water partition coefficient (Wildman–Crippen LogP) is 2.44. The van der Waals surface area contributed by atoms with Crippen molar-refractivity contribution >= 4 is 21.8 Å². The number of nitrogens with one attached hydrogen (secondary N) is 1. The molecule has 1 aliphatic rings. The first-order chi connectivity index (χ1) is 7.08. The van der Waals surface area contributed by atoms with Crippen LogP contribution in [0, 0.1) is 0 Å². The summed E-state index contributed by atoms with van der Waals surface area (Å²) in [7, 11) is 0. The second-order valence-electron chi connectivity index (χ2n) is 4.01. The maximum atomic E-state index is 11.0. The summed E-state index contributed by atoms with van der Waals surface area (Å²) in [6, 6.07) is 0. The Hall–Kier alpha value is -0.350. The fraction of sp³-hybridized carbons (Fsp3) is 0.727. The number of rotatable bonds is 6. The van der Waals surface area contributed by atoms with E-state index in [0.29, 0.717) is 10.9 Å². The van der Waals surface area contributed by atoms with Crippen LogP contribution >= 0.6 is 15.9 Å². The van der Waals surface area contributed by atoms with Crippen LogP contribution in [-0.4, -0.2) is 16.7 Å². The highest BCUT2D eigenvalue weighted by Crippen LogP contribution is 2.29. The van der Waals surface area contributed by atoms with Crippen molar-refractivity contribution in [1.82, 2.24) is 5.32 Å². The molecule has 0 aliphatic carbocycles. The summed E-state index contributed by atoms with van der Waals surface area (Å²) < 4.78 is 0.551. The highest BCUT2D eigenvalue weighted by atomic mass is 79.9. The first kappa shape index (κ1) is 12.7. The Kier molecular flexibility index (Phi) is 4.80. The van der Waals surface area contributed by atoms with Gasteiger partial charge in [-0.1, -0.05) is 48.5 Å². The molecule has 0 aromatic carbocycles. The smallest absolute Gasteiger partial charge is 0.247 e. The highest BCUT2D eigenvalue weighted by molar-refractivity contribution is 9.11. The molecule has 3 nitrogen and oxygen atoms in total. The van der Waals surface area contributed by atoms with Crippen molar-refractivity contribution in [2.75, 3.05) is 0 Å². The lowest BCUT2D eigenvalue weighted by atomic mass is 10.0. The summed E-state index contributed by atoms with van der Waals surface area (Å²) in [5, 5.41) is 12.6. The first-order valence-electron chi connectivity index (χ1n) is 5.50. The number of unbranched alkanes of at least 4 members (excludes halogenated alkanes) is 4. The summed E-state index contributed by atoms with van der Waals surface area (Å²) in [5.41, 5.74) is -1.15. The van der Waals surface area contributed by atoms with E-state index in [0.717, 1.165) is 12.8 Å². The van der Waals surface area contributed by atoms with E-state index in [1.807, 2.05) is 0 Å². The van der Waals surface area contributed by atoms with E-state index in [2.05, 4.69) is 28.2 Å². The molecule has 0 radical (unpaired) electrons. The van der Waals surface area contributed by atoms with Crippen molar-refractivity contribution in [3.05, 3.63) is 10.6 Å². The molecule has 4 heteroatoms. The van der Waals surface area contributed by atoms with Crippen LogP contribution in [0.25, 0.3) is 0 Å². The van der Waals surface area contributed by atoms with Gasteiger partial charge in [-0.15, -0.1) is 0 Å². The number of carbonyl (C=O) groups is 1. The number of hydrogen-bond acceptors (Lipinski definition) is 2. The molecule has 0 spiro atoms. The third-order valence-electron chi connectivity index (χ3n) is 2.63. The van der Waals surface area contributed by atoms with E-state index in [9.17, 15) is 9.90 Å². The van der Waals surface area contributed by atoms with Gasteiger partial charge in [0.15, 0.2) is 5.72 Å². The molecule has 1 amide bonds. The van der Waals surface area contributed by atoms with Gasteiger partial charge in [-0.05, 0) is 6.42 Å². The molecule has 0 fully saturated rings. The molecule has 15 heavy (non-hydrogen) atoms. The van der Waals surface area contributed by atoms with Crippen molar-refractivity contribution in [2.24, 2.45) is 0 Å². The maximum Gasteiger partial charge on any atom is 0.247 e. The summed E-state index contributed by atoms with van der Waals surface area (Å²) in [4.78, 5) is 11.0. The van der Waals surface area contributed by atoms with Gasteiger partial charge in [0.25, 0.3) is 0 Å². The summed E-state index contributed by atoms with van der Waals surface area (Å²) in [5.74, 6) is -0.224. The van der Waals surface area contributed by atoms with Crippen LogP contribution in [0.3, 0.4) is 0 Å². The standard InChI is InChI=1S/C11H18BrNO2/c1-2-3-4-5-6-7-11(15)9(12)8-10(14)13-11/h8,15H,2-7H2,1H3,(H,13,14). The quantitative estimate of drug-likeness (QED) is 0.732. The van der Waals surface area contributed by atoms with Gasteiger partial charge < -0.3 is 10.4 Å². The predicted molar refractivity (Wildman–Crippen MR) is 63.5 cm³/mol. The summed E-state index contributed by atoms with van der Waals surface area (Å²) in [6.45, 7) is 2.17. The van der Waals surface area contributed by atoms with E-state index < -0.39 is 5.72 Å². The van der Waals surface area contributed by atoms with Gasteiger partial charge in [0.1, 0.15) is 0 Å². The number of amides is 1. The molecule has 0 aromatic heterocycles. The third kappa shape index (κ3) is 3.61. The van der Waals surface area contributed by atoms with E-state index in [4.69, 9.17) is 0 Å². The number of aliphatic hydroxyl groups is 1. The van der Waals surface area contributed by atoms with E-state index in [1.165, 1.54) is 25.3 Å². The third-order valence-corrected chi connectivity index (χ3v) is 3.51. The van der Waals surface area contributed by atoms with Gasteiger partial charge in [0, 0.05) is 12.5 Å². The minimum Gasteiger partial charge on any atom is -0.366 e. The molecule has 1 unspecified atom stereocenters. The Morgan fingerprint density at radius 2 is 2.07 bits per heavy atom. The minimum atomic E-state index is -1.15. The molecule has 0 bridgehead atoms. The second kappa shape index (κ2) is 5.66. The number of halogens is 1. The van der Waals surface area contributed by atoms with Gasteiger partial charge in [-0.3, -0.25) is 4.79 Å². The molecule has 1 rings (SSSR count). The lowest BCUT2D eigenvalue weighted by Crippen LogP contribution is -2.43. The van der Waals surface area contributed by atoms with Crippen LogP contribution in [0.2, 0.25) is 0 Å². The summed E-state index contributed by atoms with van der Waals surface area (Å²) in [6.07, 6.45) is 7.66. The average molecular weight is 276 g/mol. The Morgan fingerprint density at radius 1 is 1.40 bits per heavy atom. The molecule has 0 saturated carbocycles. The lowest BCUT2D eigenvalue weighted by Gasteiger charge is -2.23. The SMILES string of the molecule is CCCCCCCC1(O)NC(=O)C=C1Br. The molecular formula is C11H18BrNO2. The van der Waals surface area contributed by atoms with Crippen LogP contribution in [0.1, 0.15) is 45.4 Å². The van der Waals surface area contributed by atoms with Crippen LogP contribution < -0.4 is 5.32 Å². The lowest BCUT2D eigenvalue weighted by molar-refractivity contribution is -0.120. The van der Waals surface area contributed by atoms with Gasteiger partial charge >= 0.3 is 0 Å². The maximum absolute atomic E-state index is 11.0. The van der Waals surface area contributed by atoms with Gasteiger partial charge in [-0.25, -0.2) is 0 Å². The van der Waals surface area contributed by atoms with Crippen LogP contribution in [0.15, 0.2) is 10.6 Å². The minimum absolute atomic E-state index is 0.224. The number of hydrogen-bond donors (Lipinski definition) is 2. The van der Waals surface area contributed by atoms with Crippen molar-refractivity contribution in [3.63, 3.8) is 0 Å². The van der Waals surface area contributed by atoms with Crippen LogP contribution in [-0.2, 0) is 4.79 Å². The summed E-state index contributed by atoms with van der Waals surface area (Å²) >= 11 is 3.21. The topological polar surface area (TPSA) is 49.3 Å². The monoisotopic (exact) mass is 275 g/mol. The van der Waals surface area contributed by atoms with Gasteiger partial charge in [0.2, 0.25) is 5.91 Å². The highest BCUT2D eigenvalue weighted by Gasteiger charge is 2.36. The van der Waals surface area contributed by atoms with Gasteiger partial charge in [-0.2, -0.15) is 0 Å². The van der Waals surface area contributed by atoms with Crippen molar-refractivity contribution in [2.45, 2.75) is 51.2 Å². The molecule has 1 heterocycles. The zero-order valence-electron chi connectivity index (χ0n) is 9.05. The Bertz CT molecular complexity index is 265. The molecule has 86 valence electrons. The largest absolute Gasteiger partial charge is 0.366 e. The fourth-order valence-electron chi connectivity index (χ4n) is 1.70. The van der Waals surface area contributed by atoms with Crippen molar-refractivity contribution in [1.29, 1.82) is 0 Å². The second-order valence-corrected chi connectivity index (χ2v) is 4.86. The number of carbonyl (C=O) groups excluding carboxylic acids is 1. The van der Waals surface area contributed by atoms with E-state index >= 15 is 0 Å². The van der Waals surface area contributed by atoms with Crippen LogP contribution in [0.5, 0.6) is 0 Å². The molecule has 0 saturated heterocycles. The van der Waals surface area contributed by atoms with Crippen molar-refractivity contribution in [3.8, 4) is 0 Å². The Balaban J connectivity index is 2.26. The molecule has 2 N–H and O–H groups in total. The average Bonchev–Trinajstić information content (AvgIpc) is 2.41.